The molecule has 0 saturated heterocycles. The van der Waals surface area contributed by atoms with E-state index in [9.17, 15) is 4.79 Å². The molecule has 1 aliphatic carbocycles. The van der Waals surface area contributed by atoms with Gasteiger partial charge >= 0.3 is 0 Å². The molecule has 1 fully saturated rings. The Balaban J connectivity index is 2.76. The maximum atomic E-state index is 12.1. The summed E-state index contributed by atoms with van der Waals surface area (Å²) >= 11 is 0. The lowest BCUT2D eigenvalue weighted by atomic mass is 9.84. The predicted octanol–water partition coefficient (Wildman–Crippen LogP) is 2.95. The average Bonchev–Trinajstić information content (AvgIpc) is 2.42. The average molecular weight is 198 g/mol. The predicted molar refractivity (Wildman–Crippen MR) is 57.3 cm³/mol. The molecule has 0 aromatic carbocycles. The van der Waals surface area contributed by atoms with Crippen molar-refractivity contribution in [1.82, 2.24) is 0 Å². The van der Waals surface area contributed by atoms with E-state index in [1.807, 2.05) is 13.8 Å². The van der Waals surface area contributed by atoms with E-state index in [4.69, 9.17) is 4.74 Å². The number of ether oxygens (including phenoxy) is 1. The molecule has 0 radical (unpaired) electrons. The molecule has 2 heteroatoms. The molecule has 82 valence electrons. The van der Waals surface area contributed by atoms with Gasteiger partial charge in [-0.1, -0.05) is 39.5 Å². The van der Waals surface area contributed by atoms with Gasteiger partial charge < -0.3 is 4.74 Å². The summed E-state index contributed by atoms with van der Waals surface area (Å²) in [4.78, 5) is 12.1. The smallest absolute Gasteiger partial charge is 0.167 e. The Morgan fingerprint density at radius 1 is 1.14 bits per heavy atom. The molecule has 0 atom stereocenters. The Hall–Kier alpha value is -0.370. The summed E-state index contributed by atoms with van der Waals surface area (Å²) in [6, 6.07) is 0. The van der Waals surface area contributed by atoms with Crippen LogP contribution < -0.4 is 0 Å². The number of rotatable bonds is 3. The van der Waals surface area contributed by atoms with Crippen molar-refractivity contribution in [2.24, 2.45) is 5.92 Å². The van der Waals surface area contributed by atoms with Crippen molar-refractivity contribution in [2.45, 2.75) is 58.0 Å². The van der Waals surface area contributed by atoms with Crippen LogP contribution in [0.2, 0.25) is 0 Å². The normalized spacial score (nSPS) is 22.0. The highest BCUT2D eigenvalue weighted by atomic mass is 16.5. The molecule has 0 heterocycles. The third kappa shape index (κ3) is 2.35. The maximum absolute atomic E-state index is 12.1. The molecule has 0 amide bonds. The van der Waals surface area contributed by atoms with Crippen molar-refractivity contribution in [3.05, 3.63) is 0 Å². The molecule has 0 unspecified atom stereocenters. The Kier molecular flexibility index (Phi) is 4.11. The number of ketones is 1. The van der Waals surface area contributed by atoms with Crippen LogP contribution in [0.25, 0.3) is 0 Å². The first-order valence-corrected chi connectivity index (χ1v) is 5.72. The van der Waals surface area contributed by atoms with Crippen LogP contribution in [-0.4, -0.2) is 18.5 Å². The standard InChI is InChI=1S/C12H22O2/c1-10(2)11(13)12(14-3)8-6-4-5-7-9-12/h10H,4-9H2,1-3H3. The van der Waals surface area contributed by atoms with Crippen LogP contribution in [0.4, 0.5) is 0 Å². The number of hydrogen-bond donors (Lipinski definition) is 0. The second-order valence-electron chi connectivity index (χ2n) is 4.63. The summed E-state index contributed by atoms with van der Waals surface area (Å²) in [7, 11) is 1.69. The Morgan fingerprint density at radius 2 is 1.64 bits per heavy atom. The highest BCUT2D eigenvalue weighted by Gasteiger charge is 2.39. The molecule has 2 nitrogen and oxygen atoms in total. The summed E-state index contributed by atoms with van der Waals surface area (Å²) in [5.41, 5.74) is -0.454. The minimum Gasteiger partial charge on any atom is -0.370 e. The number of hydrogen-bond acceptors (Lipinski definition) is 2. The van der Waals surface area contributed by atoms with Crippen LogP contribution >= 0.6 is 0 Å². The van der Waals surface area contributed by atoms with Gasteiger partial charge in [0, 0.05) is 13.0 Å². The minimum atomic E-state index is -0.454. The highest BCUT2D eigenvalue weighted by molar-refractivity contribution is 5.88. The summed E-state index contributed by atoms with van der Waals surface area (Å²) in [6.07, 6.45) is 6.59. The van der Waals surface area contributed by atoms with Gasteiger partial charge in [-0.2, -0.15) is 0 Å². The van der Waals surface area contributed by atoms with Crippen molar-refractivity contribution in [3.63, 3.8) is 0 Å². The summed E-state index contributed by atoms with van der Waals surface area (Å²) in [5.74, 6) is 0.384. The topological polar surface area (TPSA) is 26.3 Å². The summed E-state index contributed by atoms with van der Waals surface area (Å²) in [5, 5.41) is 0. The molecule has 0 aromatic heterocycles. The van der Waals surface area contributed by atoms with Gasteiger partial charge in [0.15, 0.2) is 5.78 Å². The fourth-order valence-corrected chi connectivity index (χ4v) is 2.38. The number of carbonyl (C=O) groups is 1. The lowest BCUT2D eigenvalue weighted by molar-refractivity contribution is -0.146. The zero-order valence-corrected chi connectivity index (χ0v) is 9.64. The Labute approximate surface area is 87.0 Å². The molecule has 0 N–H and O–H groups in total. The zero-order chi connectivity index (χ0) is 10.6. The number of methoxy groups -OCH3 is 1. The van der Waals surface area contributed by atoms with Crippen LogP contribution in [-0.2, 0) is 9.53 Å². The monoisotopic (exact) mass is 198 g/mol. The molecule has 1 aliphatic rings. The lowest BCUT2D eigenvalue weighted by Crippen LogP contribution is -2.42. The van der Waals surface area contributed by atoms with Crippen LogP contribution in [0, 0.1) is 5.92 Å². The minimum absolute atomic E-state index is 0.0908. The summed E-state index contributed by atoms with van der Waals surface area (Å²) in [6.45, 7) is 3.93. The van der Waals surface area contributed by atoms with E-state index in [2.05, 4.69) is 0 Å². The fourth-order valence-electron chi connectivity index (χ4n) is 2.38. The van der Waals surface area contributed by atoms with Crippen LogP contribution in [0.15, 0.2) is 0 Å². The Bertz CT molecular complexity index is 188. The highest BCUT2D eigenvalue weighted by Crippen LogP contribution is 2.32. The van der Waals surface area contributed by atoms with E-state index >= 15 is 0 Å². The molecule has 0 aliphatic heterocycles. The molecular formula is C12H22O2. The molecule has 1 saturated carbocycles. The second-order valence-corrected chi connectivity index (χ2v) is 4.63. The largest absolute Gasteiger partial charge is 0.370 e. The van der Waals surface area contributed by atoms with E-state index < -0.39 is 5.60 Å². The summed E-state index contributed by atoms with van der Waals surface area (Å²) < 4.78 is 5.53. The maximum Gasteiger partial charge on any atom is 0.167 e. The molecular weight excluding hydrogens is 176 g/mol. The van der Waals surface area contributed by atoms with Gasteiger partial charge in [0.05, 0.1) is 0 Å². The van der Waals surface area contributed by atoms with Gasteiger partial charge in [0.1, 0.15) is 5.60 Å². The van der Waals surface area contributed by atoms with Crippen molar-refractivity contribution in [1.29, 1.82) is 0 Å². The van der Waals surface area contributed by atoms with Gasteiger partial charge in [0.2, 0.25) is 0 Å². The zero-order valence-electron chi connectivity index (χ0n) is 9.64. The number of Topliss-reactive ketones (excluding diaryl/α,β-unsaturated/α-hetero) is 1. The first-order chi connectivity index (χ1) is 6.62. The van der Waals surface area contributed by atoms with Crippen molar-refractivity contribution in [2.75, 3.05) is 7.11 Å². The van der Waals surface area contributed by atoms with E-state index in [-0.39, 0.29) is 5.92 Å². The van der Waals surface area contributed by atoms with Crippen LogP contribution in [0.5, 0.6) is 0 Å². The molecule has 0 aromatic rings. The third-order valence-corrected chi connectivity index (χ3v) is 3.28. The first-order valence-electron chi connectivity index (χ1n) is 5.72. The van der Waals surface area contributed by atoms with E-state index in [0.29, 0.717) is 5.78 Å². The quantitative estimate of drug-likeness (QED) is 0.652. The fraction of sp³-hybridized carbons (Fsp3) is 0.917. The van der Waals surface area contributed by atoms with Gasteiger partial charge in [-0.3, -0.25) is 4.79 Å². The first kappa shape index (κ1) is 11.7. The van der Waals surface area contributed by atoms with Crippen molar-refractivity contribution < 1.29 is 9.53 Å². The SMILES string of the molecule is COC1(C(=O)C(C)C)CCCCCC1. The molecule has 1 rings (SSSR count). The lowest BCUT2D eigenvalue weighted by Gasteiger charge is -2.31. The van der Waals surface area contributed by atoms with Crippen molar-refractivity contribution in [3.8, 4) is 0 Å². The Morgan fingerprint density at radius 3 is 2.00 bits per heavy atom. The van der Waals surface area contributed by atoms with Gasteiger partial charge in [-0.05, 0) is 12.8 Å². The third-order valence-electron chi connectivity index (χ3n) is 3.28. The van der Waals surface area contributed by atoms with Crippen molar-refractivity contribution >= 4 is 5.78 Å². The van der Waals surface area contributed by atoms with Crippen LogP contribution in [0.3, 0.4) is 0 Å². The van der Waals surface area contributed by atoms with E-state index in [0.717, 1.165) is 25.7 Å². The molecule has 0 spiro atoms. The molecule has 0 bridgehead atoms. The van der Waals surface area contributed by atoms with Crippen LogP contribution in [0.1, 0.15) is 52.4 Å². The van der Waals surface area contributed by atoms with Gasteiger partial charge in [-0.15, -0.1) is 0 Å². The number of carbonyl (C=O) groups excluding carboxylic acids is 1. The van der Waals surface area contributed by atoms with E-state index in [1.165, 1.54) is 12.8 Å². The second kappa shape index (κ2) is 4.92. The van der Waals surface area contributed by atoms with Gasteiger partial charge in [-0.25, -0.2) is 0 Å². The van der Waals surface area contributed by atoms with Gasteiger partial charge in [0.25, 0.3) is 0 Å². The van der Waals surface area contributed by atoms with E-state index in [1.54, 1.807) is 7.11 Å². The molecule has 14 heavy (non-hydrogen) atoms.